The number of hydrogen-bond donors (Lipinski definition) is 1. The van der Waals surface area contributed by atoms with Crippen molar-refractivity contribution in [2.45, 2.75) is 50.7 Å². The molecule has 2 aliphatic rings. The first kappa shape index (κ1) is 15.3. The van der Waals surface area contributed by atoms with Crippen LogP contribution in [0.15, 0.2) is 22.7 Å². The Morgan fingerprint density at radius 1 is 1.29 bits per heavy atom. The van der Waals surface area contributed by atoms with Gasteiger partial charge in [-0.25, -0.2) is 0 Å². The predicted octanol–water partition coefficient (Wildman–Crippen LogP) is 3.56. The third-order valence-electron chi connectivity index (χ3n) is 4.84. The van der Waals surface area contributed by atoms with Crippen molar-refractivity contribution in [1.82, 2.24) is 10.2 Å². The van der Waals surface area contributed by atoms with Crippen molar-refractivity contribution in [2.75, 3.05) is 20.2 Å². The number of likely N-dealkylation sites (tertiary alicyclic amines) is 1. The van der Waals surface area contributed by atoms with Gasteiger partial charge in [-0.3, -0.25) is 4.90 Å². The molecule has 0 aromatic heterocycles. The Morgan fingerprint density at radius 2 is 2.19 bits per heavy atom. The minimum atomic E-state index is 0.684. The molecule has 0 aliphatic carbocycles. The Hall–Kier alpha value is -0.580. The highest BCUT2D eigenvalue weighted by Gasteiger charge is 2.31. The van der Waals surface area contributed by atoms with Crippen LogP contribution in [0.25, 0.3) is 0 Å². The quantitative estimate of drug-likeness (QED) is 0.896. The van der Waals surface area contributed by atoms with Gasteiger partial charge in [0, 0.05) is 28.7 Å². The van der Waals surface area contributed by atoms with E-state index >= 15 is 0 Å². The van der Waals surface area contributed by atoms with E-state index < -0.39 is 0 Å². The molecular formula is C17H25BrN2O. The Kier molecular flexibility index (Phi) is 5.19. The molecule has 21 heavy (non-hydrogen) atoms. The number of nitrogens with zero attached hydrogens (tertiary/aromatic N) is 1. The van der Waals surface area contributed by atoms with Crippen molar-refractivity contribution >= 4 is 15.9 Å². The number of piperidine rings is 1. The Balaban J connectivity index is 1.76. The van der Waals surface area contributed by atoms with Gasteiger partial charge in [0.25, 0.3) is 0 Å². The zero-order valence-electron chi connectivity index (χ0n) is 12.8. The van der Waals surface area contributed by atoms with Crippen LogP contribution in [0.5, 0.6) is 5.75 Å². The summed E-state index contributed by atoms with van der Waals surface area (Å²) in [7, 11) is 1.76. The summed E-state index contributed by atoms with van der Waals surface area (Å²) in [5.41, 5.74) is 1.29. The first-order valence-corrected chi connectivity index (χ1v) is 8.87. The third-order valence-corrected chi connectivity index (χ3v) is 5.34. The molecule has 3 rings (SSSR count). The average molecular weight is 353 g/mol. The van der Waals surface area contributed by atoms with E-state index in [2.05, 4.69) is 44.3 Å². The largest absolute Gasteiger partial charge is 0.496 e. The number of nitrogens with one attached hydrogen (secondary N) is 1. The third kappa shape index (κ3) is 3.61. The van der Waals surface area contributed by atoms with E-state index in [1.807, 2.05) is 0 Å². The van der Waals surface area contributed by atoms with Gasteiger partial charge in [-0.1, -0.05) is 22.4 Å². The van der Waals surface area contributed by atoms with Crippen LogP contribution < -0.4 is 10.1 Å². The lowest BCUT2D eigenvalue weighted by Gasteiger charge is -2.39. The zero-order valence-corrected chi connectivity index (χ0v) is 14.4. The van der Waals surface area contributed by atoms with Crippen LogP contribution in [0, 0.1) is 0 Å². The summed E-state index contributed by atoms with van der Waals surface area (Å²) < 4.78 is 6.67. The molecule has 2 heterocycles. The highest BCUT2D eigenvalue weighted by atomic mass is 79.9. The lowest BCUT2D eigenvalue weighted by Crippen LogP contribution is -2.49. The molecule has 0 spiro atoms. The summed E-state index contributed by atoms with van der Waals surface area (Å²) in [5.74, 6) is 1.00. The molecule has 2 aliphatic heterocycles. The van der Waals surface area contributed by atoms with E-state index in [0.717, 1.165) is 16.8 Å². The van der Waals surface area contributed by atoms with Gasteiger partial charge in [-0.05, 0) is 57.0 Å². The zero-order chi connectivity index (χ0) is 14.7. The van der Waals surface area contributed by atoms with Crippen LogP contribution in [-0.2, 0) is 6.54 Å². The molecule has 1 aromatic rings. The molecule has 4 heteroatoms. The van der Waals surface area contributed by atoms with Crippen molar-refractivity contribution in [2.24, 2.45) is 0 Å². The maximum Gasteiger partial charge on any atom is 0.123 e. The molecule has 0 amide bonds. The molecule has 2 fully saturated rings. The maximum absolute atomic E-state index is 5.54. The summed E-state index contributed by atoms with van der Waals surface area (Å²) in [4.78, 5) is 2.66. The standard InChI is InChI=1S/C17H25BrN2O/c1-21-17-8-7-14(18)11-13(17)12-20-10-3-2-6-16(20)15-5-4-9-19-15/h7-8,11,15-16,19H,2-6,9-10,12H2,1H3. The lowest BCUT2D eigenvalue weighted by molar-refractivity contribution is 0.111. The molecular weight excluding hydrogens is 328 g/mol. The van der Waals surface area contributed by atoms with Crippen LogP contribution in [0.2, 0.25) is 0 Å². The second-order valence-corrected chi connectivity index (χ2v) is 7.11. The van der Waals surface area contributed by atoms with E-state index in [1.54, 1.807) is 7.11 Å². The van der Waals surface area contributed by atoms with E-state index in [0.29, 0.717) is 12.1 Å². The summed E-state index contributed by atoms with van der Waals surface area (Å²) in [5, 5.41) is 3.70. The van der Waals surface area contributed by atoms with Gasteiger partial charge in [-0.2, -0.15) is 0 Å². The minimum absolute atomic E-state index is 0.684. The van der Waals surface area contributed by atoms with Crippen LogP contribution in [0.4, 0.5) is 0 Å². The summed E-state index contributed by atoms with van der Waals surface area (Å²) >= 11 is 3.59. The van der Waals surface area contributed by atoms with Gasteiger partial charge in [0.15, 0.2) is 0 Å². The fraction of sp³-hybridized carbons (Fsp3) is 0.647. The first-order valence-electron chi connectivity index (χ1n) is 8.08. The van der Waals surface area contributed by atoms with Crippen LogP contribution >= 0.6 is 15.9 Å². The Bertz CT molecular complexity index is 474. The summed E-state index contributed by atoms with van der Waals surface area (Å²) in [6.45, 7) is 3.39. The van der Waals surface area contributed by atoms with Crippen molar-refractivity contribution in [3.8, 4) is 5.75 Å². The normalized spacial score (nSPS) is 27.0. The van der Waals surface area contributed by atoms with E-state index in [1.165, 1.54) is 50.8 Å². The first-order chi connectivity index (χ1) is 10.3. The second-order valence-electron chi connectivity index (χ2n) is 6.19. The van der Waals surface area contributed by atoms with E-state index in [9.17, 15) is 0 Å². The maximum atomic E-state index is 5.54. The SMILES string of the molecule is COc1ccc(Br)cc1CN1CCCCC1C1CCCN1. The number of benzene rings is 1. The molecule has 0 bridgehead atoms. The molecule has 2 atom stereocenters. The predicted molar refractivity (Wildman–Crippen MR) is 89.8 cm³/mol. The van der Waals surface area contributed by atoms with Crippen molar-refractivity contribution in [3.05, 3.63) is 28.2 Å². The summed E-state index contributed by atoms with van der Waals surface area (Å²) in [6, 6.07) is 7.68. The molecule has 2 saturated heterocycles. The fourth-order valence-electron chi connectivity index (χ4n) is 3.80. The van der Waals surface area contributed by atoms with Crippen molar-refractivity contribution in [1.29, 1.82) is 0 Å². The lowest BCUT2D eigenvalue weighted by atomic mass is 9.94. The molecule has 0 saturated carbocycles. The Labute approximate surface area is 136 Å². The van der Waals surface area contributed by atoms with Crippen LogP contribution in [-0.4, -0.2) is 37.2 Å². The van der Waals surface area contributed by atoms with Crippen molar-refractivity contribution < 1.29 is 4.74 Å². The second kappa shape index (κ2) is 7.12. The smallest absolute Gasteiger partial charge is 0.123 e. The fourth-order valence-corrected chi connectivity index (χ4v) is 4.21. The van der Waals surface area contributed by atoms with Gasteiger partial charge in [0.05, 0.1) is 7.11 Å². The number of ether oxygens (including phenoxy) is 1. The molecule has 1 N–H and O–H groups in total. The highest BCUT2D eigenvalue weighted by molar-refractivity contribution is 9.10. The van der Waals surface area contributed by atoms with Crippen LogP contribution in [0.1, 0.15) is 37.7 Å². The Morgan fingerprint density at radius 3 is 2.95 bits per heavy atom. The van der Waals surface area contributed by atoms with Gasteiger partial charge in [0.1, 0.15) is 5.75 Å². The molecule has 2 unspecified atom stereocenters. The molecule has 116 valence electrons. The highest BCUT2D eigenvalue weighted by Crippen LogP contribution is 2.29. The molecule has 3 nitrogen and oxygen atoms in total. The topological polar surface area (TPSA) is 24.5 Å². The van der Waals surface area contributed by atoms with Crippen molar-refractivity contribution in [3.63, 3.8) is 0 Å². The average Bonchev–Trinajstić information content (AvgIpc) is 3.02. The number of hydrogen-bond acceptors (Lipinski definition) is 3. The van der Waals surface area contributed by atoms with E-state index in [4.69, 9.17) is 4.74 Å². The summed E-state index contributed by atoms with van der Waals surface area (Å²) in [6.07, 6.45) is 6.68. The van der Waals surface area contributed by atoms with Gasteiger partial charge >= 0.3 is 0 Å². The minimum Gasteiger partial charge on any atom is -0.496 e. The van der Waals surface area contributed by atoms with Gasteiger partial charge in [-0.15, -0.1) is 0 Å². The number of halogens is 1. The van der Waals surface area contributed by atoms with Gasteiger partial charge < -0.3 is 10.1 Å². The number of methoxy groups -OCH3 is 1. The monoisotopic (exact) mass is 352 g/mol. The molecule has 1 aromatic carbocycles. The van der Waals surface area contributed by atoms with Crippen LogP contribution in [0.3, 0.4) is 0 Å². The van der Waals surface area contributed by atoms with Gasteiger partial charge in [0.2, 0.25) is 0 Å². The molecule has 0 radical (unpaired) electrons. The van der Waals surface area contributed by atoms with E-state index in [-0.39, 0.29) is 0 Å². The number of rotatable bonds is 4.